The third-order valence-corrected chi connectivity index (χ3v) is 2.35. The number of nitrogens with zero attached hydrogens (tertiary/aromatic N) is 2. The second kappa shape index (κ2) is 4.13. The maximum atomic E-state index is 4.45. The van der Waals surface area contributed by atoms with E-state index in [1.807, 2.05) is 32.2 Å². The number of anilines is 1. The molecule has 0 unspecified atom stereocenters. The molecule has 1 aliphatic heterocycles. The normalized spacial score (nSPS) is 14.3. The molecule has 0 aromatic heterocycles. The molecule has 1 aromatic rings. The number of aliphatic imine (C=N–C) groups is 1. The lowest BCUT2D eigenvalue weighted by Gasteiger charge is -2.27. The third-order valence-electron chi connectivity index (χ3n) is 2.35. The molecule has 1 heterocycles. The van der Waals surface area contributed by atoms with E-state index in [1.165, 1.54) is 0 Å². The van der Waals surface area contributed by atoms with Gasteiger partial charge in [0.25, 0.3) is 0 Å². The summed E-state index contributed by atoms with van der Waals surface area (Å²) in [4.78, 5) is 6.52. The number of para-hydroxylation sites is 2. The van der Waals surface area contributed by atoms with Crippen molar-refractivity contribution in [1.82, 2.24) is 0 Å². The predicted octanol–water partition coefficient (Wildman–Crippen LogP) is 3.36. The molecule has 2 nitrogen and oxygen atoms in total. The number of benzene rings is 1. The standard InChI is InChI=1S/C11H12N2.HI/c1-8-9(2)13(3)11-7-5-4-6-10(11)12-8;/h4-7H,2H2,1,3H3;1H. The highest BCUT2D eigenvalue weighted by molar-refractivity contribution is 14.0. The Hall–Kier alpha value is -0.840. The van der Waals surface area contributed by atoms with Crippen LogP contribution < -0.4 is 4.90 Å². The highest BCUT2D eigenvalue weighted by Gasteiger charge is 2.16. The Morgan fingerprint density at radius 2 is 1.93 bits per heavy atom. The van der Waals surface area contributed by atoms with Gasteiger partial charge in [0.1, 0.15) is 0 Å². The molecule has 0 spiro atoms. The quantitative estimate of drug-likeness (QED) is 0.671. The number of fused-ring (bicyclic) bond motifs is 1. The van der Waals surface area contributed by atoms with Crippen LogP contribution in [0.3, 0.4) is 0 Å². The average molecular weight is 300 g/mol. The van der Waals surface area contributed by atoms with E-state index in [0.29, 0.717) is 0 Å². The molecule has 0 aliphatic carbocycles. The Morgan fingerprint density at radius 1 is 1.29 bits per heavy atom. The van der Waals surface area contributed by atoms with Gasteiger partial charge in [-0.2, -0.15) is 0 Å². The van der Waals surface area contributed by atoms with Crippen LogP contribution in [0.15, 0.2) is 41.5 Å². The van der Waals surface area contributed by atoms with Crippen molar-refractivity contribution in [2.45, 2.75) is 6.92 Å². The molecule has 74 valence electrons. The molecule has 0 saturated heterocycles. The van der Waals surface area contributed by atoms with Crippen molar-refractivity contribution in [3.63, 3.8) is 0 Å². The van der Waals surface area contributed by atoms with Gasteiger partial charge in [-0.15, -0.1) is 24.0 Å². The van der Waals surface area contributed by atoms with Crippen LogP contribution in [-0.2, 0) is 0 Å². The fraction of sp³-hybridized carbons (Fsp3) is 0.182. The van der Waals surface area contributed by atoms with Gasteiger partial charge in [-0.1, -0.05) is 18.7 Å². The molecule has 1 aromatic carbocycles. The average Bonchev–Trinajstić information content (AvgIpc) is 2.15. The smallest absolute Gasteiger partial charge is 0.0870 e. The van der Waals surface area contributed by atoms with E-state index in [4.69, 9.17) is 0 Å². The van der Waals surface area contributed by atoms with Crippen LogP contribution in [0.25, 0.3) is 0 Å². The third kappa shape index (κ3) is 1.68. The number of hydrogen-bond donors (Lipinski definition) is 0. The van der Waals surface area contributed by atoms with Gasteiger partial charge in [0.05, 0.1) is 22.8 Å². The highest BCUT2D eigenvalue weighted by atomic mass is 127. The molecule has 0 saturated carbocycles. The van der Waals surface area contributed by atoms with Crippen LogP contribution >= 0.6 is 24.0 Å². The molecule has 0 bridgehead atoms. The fourth-order valence-electron chi connectivity index (χ4n) is 1.48. The van der Waals surface area contributed by atoms with Gasteiger partial charge in [0.2, 0.25) is 0 Å². The summed E-state index contributed by atoms with van der Waals surface area (Å²) in [6, 6.07) is 8.08. The largest absolute Gasteiger partial charge is 0.342 e. The van der Waals surface area contributed by atoms with Crippen LogP contribution in [0.2, 0.25) is 0 Å². The summed E-state index contributed by atoms with van der Waals surface area (Å²) in [6.45, 7) is 5.95. The Bertz CT molecular complexity index is 396. The summed E-state index contributed by atoms with van der Waals surface area (Å²) < 4.78 is 0. The monoisotopic (exact) mass is 300 g/mol. The van der Waals surface area contributed by atoms with Crippen molar-refractivity contribution in [2.75, 3.05) is 11.9 Å². The lowest BCUT2D eigenvalue weighted by atomic mass is 10.1. The molecular formula is C11H13IN2. The maximum absolute atomic E-state index is 4.45. The first kappa shape index (κ1) is 11.2. The Balaban J connectivity index is 0.000000980. The first-order valence-electron chi connectivity index (χ1n) is 4.27. The Labute approximate surface area is 101 Å². The van der Waals surface area contributed by atoms with Crippen molar-refractivity contribution >= 4 is 41.1 Å². The lowest BCUT2D eigenvalue weighted by Crippen LogP contribution is -2.23. The molecule has 0 amide bonds. The molecular weight excluding hydrogens is 287 g/mol. The second-order valence-electron chi connectivity index (χ2n) is 3.19. The van der Waals surface area contributed by atoms with Gasteiger partial charge >= 0.3 is 0 Å². The van der Waals surface area contributed by atoms with Gasteiger partial charge in [-0.3, -0.25) is 0 Å². The molecule has 2 rings (SSSR count). The number of hydrogen-bond acceptors (Lipinski definition) is 2. The van der Waals surface area contributed by atoms with Crippen LogP contribution in [-0.4, -0.2) is 12.8 Å². The van der Waals surface area contributed by atoms with E-state index in [2.05, 4.69) is 22.5 Å². The van der Waals surface area contributed by atoms with Crippen molar-refractivity contribution in [3.8, 4) is 0 Å². The first-order chi connectivity index (χ1) is 6.20. The second-order valence-corrected chi connectivity index (χ2v) is 3.19. The number of halogens is 1. The summed E-state index contributed by atoms with van der Waals surface area (Å²) in [5.74, 6) is 0. The zero-order valence-corrected chi connectivity index (χ0v) is 10.6. The minimum absolute atomic E-state index is 0. The van der Waals surface area contributed by atoms with E-state index in [0.717, 1.165) is 22.8 Å². The van der Waals surface area contributed by atoms with E-state index < -0.39 is 0 Å². The Kier molecular flexibility index (Phi) is 3.31. The molecule has 14 heavy (non-hydrogen) atoms. The van der Waals surface area contributed by atoms with Gasteiger partial charge in [-0.05, 0) is 19.1 Å². The highest BCUT2D eigenvalue weighted by Crippen LogP contribution is 2.33. The van der Waals surface area contributed by atoms with Gasteiger partial charge in [0.15, 0.2) is 0 Å². The predicted molar refractivity (Wildman–Crippen MR) is 72.2 cm³/mol. The number of rotatable bonds is 0. The molecule has 0 radical (unpaired) electrons. The topological polar surface area (TPSA) is 15.6 Å². The summed E-state index contributed by atoms with van der Waals surface area (Å²) in [6.07, 6.45) is 0. The Morgan fingerprint density at radius 3 is 2.64 bits per heavy atom. The van der Waals surface area contributed by atoms with Crippen molar-refractivity contribution in [3.05, 3.63) is 36.5 Å². The molecule has 0 N–H and O–H groups in total. The van der Waals surface area contributed by atoms with Crippen LogP contribution in [0.4, 0.5) is 11.4 Å². The molecule has 3 heteroatoms. The lowest BCUT2D eigenvalue weighted by molar-refractivity contribution is 1.13. The summed E-state index contributed by atoms with van der Waals surface area (Å²) >= 11 is 0. The van der Waals surface area contributed by atoms with Crippen LogP contribution in [0.5, 0.6) is 0 Å². The van der Waals surface area contributed by atoms with E-state index >= 15 is 0 Å². The molecule has 1 aliphatic rings. The first-order valence-corrected chi connectivity index (χ1v) is 4.27. The summed E-state index contributed by atoms with van der Waals surface area (Å²) in [5, 5.41) is 0. The van der Waals surface area contributed by atoms with Gasteiger partial charge < -0.3 is 4.90 Å². The number of allylic oxidation sites excluding steroid dienone is 1. The minimum atomic E-state index is 0. The zero-order chi connectivity index (χ0) is 9.42. The SMILES string of the molecule is C=C1C(C)=Nc2ccccc2N1C.I. The molecule has 0 atom stereocenters. The van der Waals surface area contributed by atoms with Crippen LogP contribution in [0.1, 0.15) is 6.92 Å². The summed E-state index contributed by atoms with van der Waals surface area (Å²) in [5.41, 5.74) is 4.10. The van der Waals surface area contributed by atoms with E-state index in [-0.39, 0.29) is 24.0 Å². The van der Waals surface area contributed by atoms with Crippen LogP contribution in [0, 0.1) is 0 Å². The summed E-state index contributed by atoms with van der Waals surface area (Å²) in [7, 11) is 2.01. The van der Waals surface area contributed by atoms with Crippen molar-refractivity contribution in [1.29, 1.82) is 0 Å². The molecule has 0 fully saturated rings. The van der Waals surface area contributed by atoms with E-state index in [9.17, 15) is 0 Å². The van der Waals surface area contributed by atoms with E-state index in [1.54, 1.807) is 0 Å². The van der Waals surface area contributed by atoms with Crippen molar-refractivity contribution in [2.24, 2.45) is 4.99 Å². The van der Waals surface area contributed by atoms with Gasteiger partial charge in [0, 0.05) is 7.05 Å². The zero-order valence-electron chi connectivity index (χ0n) is 8.32. The fourth-order valence-corrected chi connectivity index (χ4v) is 1.48. The minimum Gasteiger partial charge on any atom is -0.342 e. The van der Waals surface area contributed by atoms with Gasteiger partial charge in [-0.25, -0.2) is 4.99 Å². The van der Waals surface area contributed by atoms with Crippen molar-refractivity contribution < 1.29 is 0 Å². The maximum Gasteiger partial charge on any atom is 0.0870 e.